The van der Waals surface area contributed by atoms with Crippen LogP contribution in [0, 0.1) is 13.8 Å². The van der Waals surface area contributed by atoms with Crippen molar-refractivity contribution in [3.8, 4) is 5.75 Å². The third-order valence-corrected chi connectivity index (χ3v) is 3.24. The molecular formula is C18H21N3O3. The van der Waals surface area contributed by atoms with Crippen LogP contribution < -0.4 is 15.4 Å². The van der Waals surface area contributed by atoms with E-state index in [4.69, 9.17) is 4.74 Å². The van der Waals surface area contributed by atoms with E-state index >= 15 is 0 Å². The van der Waals surface area contributed by atoms with Gasteiger partial charge in [0.15, 0.2) is 6.61 Å². The summed E-state index contributed by atoms with van der Waals surface area (Å²) in [6.45, 7) is 4.07. The number of nitrogens with one attached hydrogen (secondary N) is 2. The molecule has 0 bridgehead atoms. The first kappa shape index (κ1) is 17.5. The molecule has 0 saturated heterocycles. The number of benzene rings is 1. The van der Waals surface area contributed by atoms with E-state index in [-0.39, 0.29) is 31.4 Å². The highest BCUT2D eigenvalue weighted by Gasteiger charge is 2.06. The van der Waals surface area contributed by atoms with Gasteiger partial charge in [-0.2, -0.15) is 0 Å². The summed E-state index contributed by atoms with van der Waals surface area (Å²) in [6.07, 6.45) is 1.85. The van der Waals surface area contributed by atoms with Gasteiger partial charge in [0.25, 0.3) is 5.91 Å². The van der Waals surface area contributed by atoms with Gasteiger partial charge >= 0.3 is 0 Å². The molecule has 0 radical (unpaired) electrons. The first-order valence-electron chi connectivity index (χ1n) is 7.71. The maximum absolute atomic E-state index is 11.8. The fourth-order valence-corrected chi connectivity index (χ4v) is 1.90. The van der Waals surface area contributed by atoms with Crippen LogP contribution in [-0.2, 0) is 9.59 Å². The average molecular weight is 327 g/mol. The fourth-order valence-electron chi connectivity index (χ4n) is 1.90. The summed E-state index contributed by atoms with van der Waals surface area (Å²) >= 11 is 0. The van der Waals surface area contributed by atoms with Crippen molar-refractivity contribution in [3.63, 3.8) is 0 Å². The molecule has 24 heavy (non-hydrogen) atoms. The molecule has 2 aromatic rings. The normalized spacial score (nSPS) is 10.1. The zero-order valence-electron chi connectivity index (χ0n) is 13.8. The van der Waals surface area contributed by atoms with Crippen molar-refractivity contribution in [1.29, 1.82) is 0 Å². The highest BCUT2D eigenvalue weighted by Crippen LogP contribution is 2.10. The number of carbonyl (C=O) groups is 2. The minimum absolute atomic E-state index is 0.0792. The van der Waals surface area contributed by atoms with Gasteiger partial charge in [0, 0.05) is 19.2 Å². The Bertz CT molecular complexity index is 682. The highest BCUT2D eigenvalue weighted by atomic mass is 16.5. The summed E-state index contributed by atoms with van der Waals surface area (Å²) in [5.41, 5.74) is 2.15. The number of rotatable bonds is 7. The van der Waals surface area contributed by atoms with Gasteiger partial charge in [-0.15, -0.1) is 0 Å². The molecule has 0 aliphatic heterocycles. The Kier molecular flexibility index (Phi) is 6.31. The monoisotopic (exact) mass is 327 g/mol. The number of hydrogen-bond acceptors (Lipinski definition) is 4. The standard InChI is InChI=1S/C18H21N3O3/c1-13-3-6-15(7-4-13)24-12-18(23)19-10-9-17(22)21-16-8-5-14(2)11-20-16/h3-8,11H,9-10,12H2,1-2H3,(H,19,23)(H,20,21,22). The number of nitrogens with zero attached hydrogens (tertiary/aromatic N) is 1. The smallest absolute Gasteiger partial charge is 0.257 e. The van der Waals surface area contributed by atoms with Gasteiger partial charge in [-0.25, -0.2) is 4.98 Å². The third-order valence-electron chi connectivity index (χ3n) is 3.24. The summed E-state index contributed by atoms with van der Waals surface area (Å²) in [4.78, 5) is 27.5. The lowest BCUT2D eigenvalue weighted by Gasteiger charge is -2.08. The zero-order valence-corrected chi connectivity index (χ0v) is 13.8. The van der Waals surface area contributed by atoms with Crippen molar-refractivity contribution in [1.82, 2.24) is 10.3 Å². The number of amides is 2. The van der Waals surface area contributed by atoms with E-state index in [9.17, 15) is 9.59 Å². The summed E-state index contributed by atoms with van der Waals surface area (Å²) in [5, 5.41) is 5.32. The molecule has 126 valence electrons. The van der Waals surface area contributed by atoms with Crippen molar-refractivity contribution < 1.29 is 14.3 Å². The van der Waals surface area contributed by atoms with Crippen LogP contribution in [0.15, 0.2) is 42.6 Å². The molecule has 0 aliphatic rings. The number of anilines is 1. The Morgan fingerprint density at radius 3 is 2.38 bits per heavy atom. The van der Waals surface area contributed by atoms with Gasteiger partial charge in [-0.3, -0.25) is 9.59 Å². The predicted octanol–water partition coefficient (Wildman–Crippen LogP) is 2.22. The van der Waals surface area contributed by atoms with Crippen LogP contribution >= 0.6 is 0 Å². The van der Waals surface area contributed by atoms with E-state index in [0.717, 1.165) is 11.1 Å². The largest absolute Gasteiger partial charge is 0.484 e. The number of aryl methyl sites for hydroxylation is 2. The number of hydrogen-bond donors (Lipinski definition) is 2. The molecule has 0 saturated carbocycles. The van der Waals surface area contributed by atoms with E-state index in [0.29, 0.717) is 11.6 Å². The van der Waals surface area contributed by atoms with Gasteiger partial charge < -0.3 is 15.4 Å². The van der Waals surface area contributed by atoms with Crippen molar-refractivity contribution >= 4 is 17.6 Å². The second-order valence-electron chi connectivity index (χ2n) is 5.47. The molecule has 1 aromatic carbocycles. The summed E-state index contributed by atoms with van der Waals surface area (Å²) in [5.74, 6) is 0.668. The molecule has 0 aliphatic carbocycles. The van der Waals surface area contributed by atoms with Crippen LogP contribution in [0.4, 0.5) is 5.82 Å². The molecule has 1 heterocycles. The number of pyridine rings is 1. The van der Waals surface area contributed by atoms with Crippen LogP contribution in [-0.4, -0.2) is 29.9 Å². The maximum atomic E-state index is 11.8. The van der Waals surface area contributed by atoms with Gasteiger partial charge in [-0.05, 0) is 37.6 Å². The van der Waals surface area contributed by atoms with Gasteiger partial charge in [0.2, 0.25) is 5.91 Å². The molecule has 1 aromatic heterocycles. The minimum Gasteiger partial charge on any atom is -0.484 e. The van der Waals surface area contributed by atoms with E-state index < -0.39 is 0 Å². The van der Waals surface area contributed by atoms with Crippen LogP contribution in [0.2, 0.25) is 0 Å². The van der Waals surface area contributed by atoms with E-state index in [1.807, 2.05) is 44.2 Å². The summed E-state index contributed by atoms with van der Waals surface area (Å²) < 4.78 is 5.36. The van der Waals surface area contributed by atoms with Crippen molar-refractivity contribution in [2.24, 2.45) is 0 Å². The van der Waals surface area contributed by atoms with E-state index in [2.05, 4.69) is 15.6 Å². The SMILES string of the molecule is Cc1ccc(OCC(=O)NCCC(=O)Nc2ccc(C)cn2)cc1. The van der Waals surface area contributed by atoms with E-state index in [1.165, 1.54) is 0 Å². The second-order valence-corrected chi connectivity index (χ2v) is 5.47. The van der Waals surface area contributed by atoms with Crippen LogP contribution in [0.25, 0.3) is 0 Å². The molecule has 2 amide bonds. The fraction of sp³-hybridized carbons (Fsp3) is 0.278. The maximum Gasteiger partial charge on any atom is 0.257 e. The van der Waals surface area contributed by atoms with Gasteiger partial charge in [0.05, 0.1) is 0 Å². The second kappa shape index (κ2) is 8.67. The molecule has 6 heteroatoms. The van der Waals surface area contributed by atoms with Crippen LogP contribution in [0.5, 0.6) is 5.75 Å². The van der Waals surface area contributed by atoms with Crippen LogP contribution in [0.3, 0.4) is 0 Å². The van der Waals surface area contributed by atoms with E-state index in [1.54, 1.807) is 12.3 Å². The first-order valence-corrected chi connectivity index (χ1v) is 7.71. The number of aromatic nitrogens is 1. The van der Waals surface area contributed by atoms with Crippen molar-refractivity contribution in [3.05, 3.63) is 53.7 Å². The summed E-state index contributed by atoms with van der Waals surface area (Å²) in [7, 11) is 0. The Morgan fingerprint density at radius 1 is 1.00 bits per heavy atom. The van der Waals surface area contributed by atoms with Crippen molar-refractivity contribution in [2.75, 3.05) is 18.5 Å². The lowest BCUT2D eigenvalue weighted by atomic mass is 10.2. The molecule has 6 nitrogen and oxygen atoms in total. The number of ether oxygens (including phenoxy) is 1. The van der Waals surface area contributed by atoms with Gasteiger partial charge in [0.1, 0.15) is 11.6 Å². The Morgan fingerprint density at radius 2 is 1.71 bits per heavy atom. The lowest BCUT2D eigenvalue weighted by Crippen LogP contribution is -2.31. The Labute approximate surface area is 141 Å². The molecule has 0 atom stereocenters. The molecule has 2 N–H and O–H groups in total. The minimum atomic E-state index is -0.267. The molecule has 0 fully saturated rings. The number of carbonyl (C=O) groups excluding carboxylic acids is 2. The predicted molar refractivity (Wildman–Crippen MR) is 91.9 cm³/mol. The zero-order chi connectivity index (χ0) is 17.4. The highest BCUT2D eigenvalue weighted by molar-refractivity contribution is 5.90. The molecule has 2 rings (SSSR count). The topological polar surface area (TPSA) is 80.3 Å². The third kappa shape index (κ3) is 6.08. The van der Waals surface area contributed by atoms with Crippen molar-refractivity contribution in [2.45, 2.75) is 20.3 Å². The Hall–Kier alpha value is -2.89. The summed E-state index contributed by atoms with van der Waals surface area (Å²) in [6, 6.07) is 11.1. The average Bonchev–Trinajstić information content (AvgIpc) is 2.56. The quantitative estimate of drug-likeness (QED) is 0.817. The molecule has 0 unspecified atom stereocenters. The Balaban J connectivity index is 1.63. The molecular weight excluding hydrogens is 306 g/mol. The molecule has 0 spiro atoms. The lowest BCUT2D eigenvalue weighted by molar-refractivity contribution is -0.123. The van der Waals surface area contributed by atoms with Gasteiger partial charge in [-0.1, -0.05) is 23.8 Å². The first-order chi connectivity index (χ1) is 11.5. The van der Waals surface area contributed by atoms with Crippen LogP contribution in [0.1, 0.15) is 17.5 Å².